The van der Waals surface area contributed by atoms with Crippen molar-refractivity contribution in [3.05, 3.63) is 82.5 Å². The molecule has 0 saturated heterocycles. The molecule has 0 fully saturated rings. The van der Waals surface area contributed by atoms with Crippen molar-refractivity contribution in [2.45, 2.75) is 0 Å². The van der Waals surface area contributed by atoms with Crippen LogP contribution in [0.25, 0.3) is 56.5 Å². The molecule has 6 nitrogen and oxygen atoms in total. The zero-order valence-corrected chi connectivity index (χ0v) is 18.6. The van der Waals surface area contributed by atoms with E-state index in [1.807, 2.05) is 36.4 Å². The summed E-state index contributed by atoms with van der Waals surface area (Å²) in [6.45, 7) is 0. The van der Waals surface area contributed by atoms with Crippen molar-refractivity contribution in [3.8, 4) is 11.3 Å². The summed E-state index contributed by atoms with van der Waals surface area (Å²) in [5, 5.41) is 10.2. The molecule has 7 heteroatoms. The Bertz CT molecular complexity index is 1650. The van der Waals surface area contributed by atoms with Crippen LogP contribution in [0.2, 0.25) is 0 Å². The zero-order valence-electron chi connectivity index (χ0n) is 17.0. The summed E-state index contributed by atoms with van der Waals surface area (Å²) in [5.74, 6) is 0. The van der Waals surface area contributed by atoms with Crippen LogP contribution in [0.4, 0.5) is 0 Å². The number of hydrogen-bond acceptors (Lipinski definition) is 5. The van der Waals surface area contributed by atoms with Gasteiger partial charge < -0.3 is 4.57 Å². The largest absolute Gasteiger partial charge is 0.344 e. The molecule has 0 aliphatic heterocycles. The van der Waals surface area contributed by atoms with Crippen LogP contribution in [0.15, 0.2) is 75.8 Å². The maximum Gasteiger partial charge on any atom is 0.243 e. The Balaban J connectivity index is 1.48. The number of aryl methyl sites for hydroxylation is 1. The second-order valence-electron chi connectivity index (χ2n) is 7.56. The maximum atomic E-state index is 4.83. The smallest absolute Gasteiger partial charge is 0.243 e. The summed E-state index contributed by atoms with van der Waals surface area (Å²) in [4.78, 5) is 9.27. The fourth-order valence-corrected chi connectivity index (χ4v) is 4.32. The Morgan fingerprint density at radius 2 is 1.56 bits per heavy atom. The lowest BCUT2D eigenvalue weighted by Gasteiger charge is -2.05. The monoisotopic (exact) mass is 481 g/mol. The average molecular weight is 482 g/mol. The van der Waals surface area contributed by atoms with Crippen LogP contribution in [0.1, 0.15) is 11.3 Å². The predicted molar refractivity (Wildman–Crippen MR) is 130 cm³/mol. The molecular weight excluding hydrogens is 466 g/mol. The molecule has 154 valence electrons. The molecule has 3 heterocycles. The molecular formula is C25H16BrN5O. The molecule has 0 radical (unpaired) electrons. The first-order valence-electron chi connectivity index (χ1n) is 10.1. The minimum absolute atomic E-state index is 0.384. The Morgan fingerprint density at radius 3 is 2.41 bits per heavy atom. The van der Waals surface area contributed by atoms with E-state index in [4.69, 9.17) is 4.63 Å². The summed E-state index contributed by atoms with van der Waals surface area (Å²) in [7, 11) is 2.10. The molecule has 3 aromatic carbocycles. The van der Waals surface area contributed by atoms with E-state index in [-0.39, 0.29) is 0 Å². The fourth-order valence-electron chi connectivity index (χ4n) is 4.05. The predicted octanol–water partition coefficient (Wildman–Crippen LogP) is 6.26. The van der Waals surface area contributed by atoms with E-state index < -0.39 is 0 Å². The van der Waals surface area contributed by atoms with Crippen LogP contribution in [-0.4, -0.2) is 24.8 Å². The zero-order chi connectivity index (χ0) is 21.7. The van der Waals surface area contributed by atoms with Gasteiger partial charge in [-0.3, -0.25) is 0 Å². The normalized spacial score (nSPS) is 11.9. The Morgan fingerprint density at radius 1 is 0.812 bits per heavy atom. The molecule has 0 spiro atoms. The first-order valence-corrected chi connectivity index (χ1v) is 10.9. The van der Waals surface area contributed by atoms with Gasteiger partial charge in [0, 0.05) is 38.9 Å². The minimum Gasteiger partial charge on any atom is -0.344 e. The van der Waals surface area contributed by atoms with E-state index in [0.29, 0.717) is 17.0 Å². The van der Waals surface area contributed by atoms with Crippen LogP contribution in [0.5, 0.6) is 0 Å². The second kappa shape index (κ2) is 7.39. The molecule has 0 amide bonds. The average Bonchev–Trinajstić information content (AvgIpc) is 3.40. The summed E-state index contributed by atoms with van der Waals surface area (Å²) in [6, 6.07) is 22.9. The van der Waals surface area contributed by atoms with Gasteiger partial charge >= 0.3 is 0 Å². The van der Waals surface area contributed by atoms with Gasteiger partial charge in [-0.2, -0.15) is 0 Å². The third-order valence-electron chi connectivity index (χ3n) is 5.63. The highest BCUT2D eigenvalue weighted by atomic mass is 79.9. The topological polar surface area (TPSA) is 69.6 Å². The SMILES string of the molecule is Cn1c2ccccc2c2cc(/C=C/c3nc4nonc4nc3-c3ccc(Br)cc3)ccc21. The molecule has 0 N–H and O–H groups in total. The molecule has 0 aliphatic rings. The van der Waals surface area contributed by atoms with Crippen LogP contribution in [-0.2, 0) is 7.05 Å². The number of nitrogens with zero attached hydrogens (tertiary/aromatic N) is 5. The number of rotatable bonds is 3. The lowest BCUT2D eigenvalue weighted by atomic mass is 10.1. The molecule has 0 unspecified atom stereocenters. The van der Waals surface area contributed by atoms with Crippen LogP contribution < -0.4 is 0 Å². The highest BCUT2D eigenvalue weighted by Crippen LogP contribution is 2.30. The van der Waals surface area contributed by atoms with E-state index in [1.54, 1.807) is 0 Å². The number of hydrogen-bond donors (Lipinski definition) is 0. The van der Waals surface area contributed by atoms with E-state index in [9.17, 15) is 0 Å². The third kappa shape index (κ3) is 3.09. The van der Waals surface area contributed by atoms with Gasteiger partial charge in [-0.15, -0.1) is 0 Å². The Labute approximate surface area is 191 Å². The second-order valence-corrected chi connectivity index (χ2v) is 8.48. The first kappa shape index (κ1) is 18.9. The number of aromatic nitrogens is 5. The van der Waals surface area contributed by atoms with Gasteiger partial charge in [-0.25, -0.2) is 14.6 Å². The van der Waals surface area contributed by atoms with Crippen LogP contribution >= 0.6 is 15.9 Å². The van der Waals surface area contributed by atoms with E-state index in [2.05, 4.69) is 90.3 Å². The molecule has 6 aromatic rings. The van der Waals surface area contributed by atoms with E-state index in [1.165, 1.54) is 21.8 Å². The maximum absolute atomic E-state index is 4.83. The van der Waals surface area contributed by atoms with Gasteiger partial charge in [0.2, 0.25) is 11.3 Å². The number of benzene rings is 3. The first-order chi connectivity index (χ1) is 15.7. The molecule has 6 rings (SSSR count). The van der Waals surface area contributed by atoms with E-state index >= 15 is 0 Å². The highest BCUT2D eigenvalue weighted by Gasteiger charge is 2.13. The van der Waals surface area contributed by atoms with Gasteiger partial charge in [0.25, 0.3) is 0 Å². The van der Waals surface area contributed by atoms with Gasteiger partial charge in [0.1, 0.15) is 0 Å². The molecule has 3 aromatic heterocycles. The van der Waals surface area contributed by atoms with Crippen molar-refractivity contribution in [2.24, 2.45) is 7.05 Å². The van der Waals surface area contributed by atoms with Crippen LogP contribution in [0.3, 0.4) is 0 Å². The number of fused-ring (bicyclic) bond motifs is 4. The highest BCUT2D eigenvalue weighted by molar-refractivity contribution is 9.10. The fraction of sp³-hybridized carbons (Fsp3) is 0.0400. The molecule has 32 heavy (non-hydrogen) atoms. The van der Waals surface area contributed by atoms with Crippen molar-refractivity contribution in [2.75, 3.05) is 0 Å². The number of para-hydroxylation sites is 1. The summed E-state index contributed by atoms with van der Waals surface area (Å²) < 4.78 is 8.05. The summed E-state index contributed by atoms with van der Waals surface area (Å²) in [6.07, 6.45) is 4.01. The molecule has 0 atom stereocenters. The van der Waals surface area contributed by atoms with Crippen molar-refractivity contribution in [1.29, 1.82) is 0 Å². The van der Waals surface area contributed by atoms with Crippen LogP contribution in [0, 0.1) is 0 Å². The quantitative estimate of drug-likeness (QED) is 0.298. The molecule has 0 saturated carbocycles. The minimum atomic E-state index is 0.384. The third-order valence-corrected chi connectivity index (χ3v) is 6.16. The molecule has 0 aliphatic carbocycles. The van der Waals surface area contributed by atoms with Crippen molar-refractivity contribution < 1.29 is 4.63 Å². The van der Waals surface area contributed by atoms with Crippen molar-refractivity contribution >= 4 is 61.2 Å². The number of halogens is 1. The lowest BCUT2D eigenvalue weighted by molar-refractivity contribution is 0.314. The Kier molecular flexibility index (Phi) is 4.36. The van der Waals surface area contributed by atoms with Gasteiger partial charge in [0.15, 0.2) is 0 Å². The van der Waals surface area contributed by atoms with Gasteiger partial charge in [-0.05, 0) is 52.3 Å². The van der Waals surface area contributed by atoms with Gasteiger partial charge in [0.05, 0.1) is 11.4 Å². The van der Waals surface area contributed by atoms with E-state index in [0.717, 1.165) is 21.3 Å². The van der Waals surface area contributed by atoms with Gasteiger partial charge in [-0.1, -0.05) is 58.4 Å². The summed E-state index contributed by atoms with van der Waals surface area (Å²) in [5.41, 5.74) is 6.64. The van der Waals surface area contributed by atoms with Crippen molar-refractivity contribution in [1.82, 2.24) is 24.8 Å². The molecule has 0 bridgehead atoms. The standard InChI is InChI=1S/C25H16BrN5O/c1-31-21-5-3-2-4-18(21)19-14-15(7-13-22(19)31)6-12-20-23(16-8-10-17(26)11-9-16)28-25-24(27-20)29-32-30-25/h2-14H,1H3/b12-6+. The Hall–Kier alpha value is -3.84. The summed E-state index contributed by atoms with van der Waals surface area (Å²) >= 11 is 3.48. The van der Waals surface area contributed by atoms with Crippen molar-refractivity contribution in [3.63, 3.8) is 0 Å². The lowest BCUT2D eigenvalue weighted by Crippen LogP contribution is -1.94.